The van der Waals surface area contributed by atoms with Crippen LogP contribution in [-0.4, -0.2) is 40.5 Å². The molecule has 0 spiro atoms. The normalized spacial score (nSPS) is 12.0. The van der Waals surface area contributed by atoms with Gasteiger partial charge >= 0.3 is 0 Å². The van der Waals surface area contributed by atoms with Crippen molar-refractivity contribution in [3.63, 3.8) is 0 Å². The van der Waals surface area contributed by atoms with Crippen LogP contribution in [0, 0.1) is 0 Å². The predicted molar refractivity (Wildman–Crippen MR) is 109 cm³/mol. The number of anilines is 2. The van der Waals surface area contributed by atoms with Crippen molar-refractivity contribution in [1.29, 1.82) is 0 Å². The van der Waals surface area contributed by atoms with Crippen molar-refractivity contribution >= 4 is 33.2 Å². The summed E-state index contributed by atoms with van der Waals surface area (Å²) in [6.07, 6.45) is 0. The Morgan fingerprint density at radius 3 is 1.93 bits per heavy atom. The highest BCUT2D eigenvalue weighted by molar-refractivity contribution is 7.89. The molecule has 0 radical (unpaired) electrons. The second-order valence-corrected chi connectivity index (χ2v) is 7.85. The Bertz CT molecular complexity index is 967. The summed E-state index contributed by atoms with van der Waals surface area (Å²) in [6.45, 7) is 2.78. The lowest BCUT2D eigenvalue weighted by Gasteiger charge is -2.16. The monoisotopic (exact) mass is 421 g/mol. The van der Waals surface area contributed by atoms with Gasteiger partial charge in [-0.1, -0.05) is 0 Å². The second kappa shape index (κ2) is 9.39. The first-order valence-corrected chi connectivity index (χ1v) is 10.1. The van der Waals surface area contributed by atoms with Crippen LogP contribution in [0.25, 0.3) is 0 Å². The number of hydrogen-bond acceptors (Lipinski definition) is 6. The van der Waals surface area contributed by atoms with E-state index in [1.54, 1.807) is 18.2 Å². The number of methoxy groups -OCH3 is 2. The van der Waals surface area contributed by atoms with E-state index in [9.17, 15) is 18.0 Å². The van der Waals surface area contributed by atoms with E-state index in [-0.39, 0.29) is 10.8 Å². The molecule has 2 aromatic rings. The zero-order valence-electron chi connectivity index (χ0n) is 16.5. The van der Waals surface area contributed by atoms with Crippen LogP contribution in [0.1, 0.15) is 13.8 Å². The summed E-state index contributed by atoms with van der Waals surface area (Å²) < 4.78 is 37.6. The summed E-state index contributed by atoms with van der Waals surface area (Å²) in [4.78, 5) is 23.4. The number of rotatable bonds is 8. The lowest BCUT2D eigenvalue weighted by atomic mass is 10.2. The first-order valence-electron chi connectivity index (χ1n) is 8.58. The third kappa shape index (κ3) is 6.19. The van der Waals surface area contributed by atoms with E-state index >= 15 is 0 Å². The number of benzene rings is 2. The number of carbonyl (C=O) groups excluding carboxylic acids is 2. The molecule has 0 aliphatic heterocycles. The minimum atomic E-state index is -3.94. The van der Waals surface area contributed by atoms with Gasteiger partial charge in [0, 0.05) is 36.5 Å². The molecule has 1 atom stereocenters. The molecule has 156 valence electrons. The van der Waals surface area contributed by atoms with E-state index in [0.717, 1.165) is 0 Å². The largest absolute Gasteiger partial charge is 0.497 e. The highest BCUT2D eigenvalue weighted by Gasteiger charge is 2.22. The summed E-state index contributed by atoms with van der Waals surface area (Å²) in [5, 5.41) is 5.17. The lowest BCUT2D eigenvalue weighted by Crippen LogP contribution is -2.41. The average molecular weight is 421 g/mol. The minimum absolute atomic E-state index is 0.0331. The molecule has 3 N–H and O–H groups in total. The fraction of sp³-hybridized carbons (Fsp3) is 0.263. The first-order chi connectivity index (χ1) is 13.6. The highest BCUT2D eigenvalue weighted by atomic mass is 32.2. The number of carbonyl (C=O) groups is 2. The number of nitrogens with one attached hydrogen (secondary N) is 3. The van der Waals surface area contributed by atoms with E-state index in [0.29, 0.717) is 22.9 Å². The van der Waals surface area contributed by atoms with E-state index in [2.05, 4.69) is 15.4 Å². The number of amides is 2. The van der Waals surface area contributed by atoms with Gasteiger partial charge in [-0.25, -0.2) is 8.42 Å². The minimum Gasteiger partial charge on any atom is -0.497 e. The van der Waals surface area contributed by atoms with Gasteiger partial charge in [-0.15, -0.1) is 0 Å². The molecule has 0 unspecified atom stereocenters. The fourth-order valence-corrected chi connectivity index (χ4v) is 3.61. The SMILES string of the molecule is COc1cc(NC(=O)[C@@H](C)NS(=O)(=O)c2ccc(NC(C)=O)cc2)cc(OC)c1. The zero-order chi connectivity index (χ0) is 21.6. The molecule has 10 heteroatoms. The predicted octanol–water partition coefficient (Wildman–Crippen LogP) is 1.97. The van der Waals surface area contributed by atoms with Gasteiger partial charge in [-0.2, -0.15) is 4.72 Å². The Morgan fingerprint density at radius 2 is 1.45 bits per heavy atom. The number of sulfonamides is 1. The van der Waals surface area contributed by atoms with Crippen LogP contribution in [-0.2, 0) is 19.6 Å². The van der Waals surface area contributed by atoms with E-state index < -0.39 is 22.0 Å². The zero-order valence-corrected chi connectivity index (χ0v) is 17.3. The molecule has 0 fully saturated rings. The second-order valence-electron chi connectivity index (χ2n) is 6.14. The molecule has 0 bridgehead atoms. The third-order valence-corrected chi connectivity index (χ3v) is 5.39. The Hall–Kier alpha value is -3.11. The summed E-state index contributed by atoms with van der Waals surface area (Å²) in [7, 11) is -0.980. The maximum atomic E-state index is 12.5. The van der Waals surface area contributed by atoms with Gasteiger partial charge in [0.2, 0.25) is 21.8 Å². The van der Waals surface area contributed by atoms with Crippen LogP contribution in [0.3, 0.4) is 0 Å². The van der Waals surface area contributed by atoms with Crippen LogP contribution in [0.2, 0.25) is 0 Å². The van der Waals surface area contributed by atoms with Crippen LogP contribution in [0.15, 0.2) is 47.4 Å². The Morgan fingerprint density at radius 1 is 0.897 bits per heavy atom. The molecule has 0 aliphatic carbocycles. The van der Waals surface area contributed by atoms with Crippen molar-refractivity contribution in [2.75, 3.05) is 24.9 Å². The molecule has 2 aromatic carbocycles. The van der Waals surface area contributed by atoms with Crippen molar-refractivity contribution in [2.24, 2.45) is 0 Å². The maximum Gasteiger partial charge on any atom is 0.242 e. The molecule has 2 rings (SSSR count). The molecular formula is C19H23N3O6S. The summed E-state index contributed by atoms with van der Waals surface area (Å²) >= 11 is 0. The summed E-state index contributed by atoms with van der Waals surface area (Å²) in [6, 6.07) is 9.37. The number of ether oxygens (including phenoxy) is 2. The van der Waals surface area contributed by atoms with E-state index in [1.165, 1.54) is 52.3 Å². The van der Waals surface area contributed by atoms with Gasteiger partial charge in [0.05, 0.1) is 25.2 Å². The van der Waals surface area contributed by atoms with Crippen molar-refractivity contribution in [3.05, 3.63) is 42.5 Å². The van der Waals surface area contributed by atoms with E-state index in [4.69, 9.17) is 9.47 Å². The third-order valence-electron chi connectivity index (χ3n) is 3.83. The average Bonchev–Trinajstić information content (AvgIpc) is 2.67. The topological polar surface area (TPSA) is 123 Å². The highest BCUT2D eigenvalue weighted by Crippen LogP contribution is 2.26. The Balaban J connectivity index is 2.09. The molecule has 0 saturated carbocycles. The van der Waals surface area contributed by atoms with E-state index in [1.807, 2.05) is 0 Å². The van der Waals surface area contributed by atoms with Gasteiger partial charge < -0.3 is 20.1 Å². The van der Waals surface area contributed by atoms with Gasteiger partial charge in [0.15, 0.2) is 0 Å². The van der Waals surface area contributed by atoms with Gasteiger partial charge in [0.25, 0.3) is 0 Å². The van der Waals surface area contributed by atoms with Crippen LogP contribution in [0.5, 0.6) is 11.5 Å². The van der Waals surface area contributed by atoms with Crippen LogP contribution < -0.4 is 24.8 Å². The smallest absolute Gasteiger partial charge is 0.242 e. The summed E-state index contributed by atoms with van der Waals surface area (Å²) in [5.74, 6) is 0.135. The molecule has 0 aliphatic rings. The molecule has 0 aromatic heterocycles. The summed E-state index contributed by atoms with van der Waals surface area (Å²) in [5.41, 5.74) is 0.867. The molecule has 29 heavy (non-hydrogen) atoms. The maximum absolute atomic E-state index is 12.5. The van der Waals surface area contributed by atoms with Crippen molar-refractivity contribution in [1.82, 2.24) is 4.72 Å². The van der Waals surface area contributed by atoms with Gasteiger partial charge in [-0.3, -0.25) is 9.59 Å². The molecule has 9 nitrogen and oxygen atoms in total. The van der Waals surface area contributed by atoms with Crippen LogP contribution >= 0.6 is 0 Å². The fourth-order valence-electron chi connectivity index (χ4n) is 2.41. The van der Waals surface area contributed by atoms with Crippen LogP contribution in [0.4, 0.5) is 11.4 Å². The first kappa shape index (κ1) is 22.2. The van der Waals surface area contributed by atoms with Crippen molar-refractivity contribution < 1.29 is 27.5 Å². The standard InChI is InChI=1S/C19H23N3O6S/c1-12(19(24)21-15-9-16(27-3)11-17(10-15)28-4)22-29(25,26)18-7-5-14(6-8-18)20-13(2)23/h5-12,22H,1-4H3,(H,20,23)(H,21,24)/t12-/m1/s1. The molecular weight excluding hydrogens is 398 g/mol. The number of hydrogen-bond donors (Lipinski definition) is 3. The quantitative estimate of drug-likeness (QED) is 0.599. The van der Waals surface area contributed by atoms with Gasteiger partial charge in [-0.05, 0) is 31.2 Å². The molecule has 0 saturated heterocycles. The lowest BCUT2D eigenvalue weighted by molar-refractivity contribution is -0.117. The van der Waals surface area contributed by atoms with Gasteiger partial charge in [0.1, 0.15) is 11.5 Å². The molecule has 0 heterocycles. The Kier molecular flexibility index (Phi) is 7.18. The van der Waals surface area contributed by atoms with Crippen molar-refractivity contribution in [3.8, 4) is 11.5 Å². The Labute approximate surface area is 169 Å². The molecule has 2 amide bonds. The van der Waals surface area contributed by atoms with Crippen molar-refractivity contribution in [2.45, 2.75) is 24.8 Å².